The van der Waals surface area contributed by atoms with E-state index in [0.717, 1.165) is 22.7 Å². The molecule has 0 unspecified atom stereocenters. The smallest absolute Gasteiger partial charge is 0.229 e. The van der Waals surface area contributed by atoms with Crippen molar-refractivity contribution in [3.8, 4) is 0 Å². The Bertz CT molecular complexity index is 639. The van der Waals surface area contributed by atoms with Gasteiger partial charge in [-0.15, -0.1) is 0 Å². The van der Waals surface area contributed by atoms with Gasteiger partial charge in [0.25, 0.3) is 0 Å². The van der Waals surface area contributed by atoms with Gasteiger partial charge >= 0.3 is 0 Å². The maximum absolute atomic E-state index is 12.1. The van der Waals surface area contributed by atoms with Crippen LogP contribution in [0.1, 0.15) is 31.1 Å². The highest BCUT2D eigenvalue weighted by Gasteiger charge is 2.21. The molecule has 3 nitrogen and oxygen atoms in total. The van der Waals surface area contributed by atoms with Crippen LogP contribution in [0.5, 0.6) is 0 Å². The fraction of sp³-hybridized carbons (Fsp3) is 0.250. The Balaban J connectivity index is 2.51. The van der Waals surface area contributed by atoms with Crippen LogP contribution in [0.3, 0.4) is 0 Å². The van der Waals surface area contributed by atoms with E-state index in [0.29, 0.717) is 5.56 Å². The maximum atomic E-state index is 12.1. The van der Waals surface area contributed by atoms with Crippen molar-refractivity contribution in [1.29, 1.82) is 0 Å². The molecule has 2 rings (SSSR count). The summed E-state index contributed by atoms with van der Waals surface area (Å²) in [5.74, 6) is -0.0449. The van der Waals surface area contributed by atoms with Gasteiger partial charge in [-0.05, 0) is 17.5 Å². The lowest BCUT2D eigenvalue weighted by Crippen LogP contribution is -2.27. The highest BCUT2D eigenvalue weighted by atomic mass is 16.2. The first-order chi connectivity index (χ1) is 8.93. The van der Waals surface area contributed by atoms with Gasteiger partial charge in [-0.1, -0.05) is 45.0 Å². The third-order valence-corrected chi connectivity index (χ3v) is 3.01. The van der Waals surface area contributed by atoms with Crippen LogP contribution < -0.4 is 5.32 Å². The second-order valence-electron chi connectivity index (χ2n) is 5.57. The summed E-state index contributed by atoms with van der Waals surface area (Å²) in [5.41, 5.74) is 0.912. The van der Waals surface area contributed by atoms with E-state index < -0.39 is 5.41 Å². The molecule has 98 valence electrons. The molecule has 0 spiro atoms. The van der Waals surface area contributed by atoms with Gasteiger partial charge in [0.1, 0.15) is 0 Å². The first-order valence-electron chi connectivity index (χ1n) is 6.22. The number of fused-ring (bicyclic) bond motifs is 1. The first kappa shape index (κ1) is 13.3. The summed E-state index contributed by atoms with van der Waals surface area (Å²) < 4.78 is 0. The molecule has 0 aliphatic carbocycles. The van der Waals surface area contributed by atoms with E-state index in [-0.39, 0.29) is 5.91 Å². The van der Waals surface area contributed by atoms with Crippen molar-refractivity contribution in [2.24, 2.45) is 5.41 Å². The molecule has 0 aliphatic rings. The molecule has 0 saturated heterocycles. The van der Waals surface area contributed by atoms with Gasteiger partial charge in [0.15, 0.2) is 6.29 Å². The molecule has 0 saturated carbocycles. The number of hydrogen-bond donors (Lipinski definition) is 1. The number of benzene rings is 2. The fourth-order valence-electron chi connectivity index (χ4n) is 1.84. The number of aldehydes is 1. The lowest BCUT2D eigenvalue weighted by Gasteiger charge is -2.19. The van der Waals surface area contributed by atoms with Crippen LogP contribution >= 0.6 is 0 Å². The van der Waals surface area contributed by atoms with Gasteiger partial charge in [0, 0.05) is 22.1 Å². The summed E-state index contributed by atoms with van der Waals surface area (Å²) in [4.78, 5) is 23.1. The molecule has 0 radical (unpaired) electrons. The van der Waals surface area contributed by atoms with Crippen LogP contribution in [0, 0.1) is 5.41 Å². The Kier molecular flexibility index (Phi) is 3.38. The minimum atomic E-state index is -0.454. The molecule has 0 fully saturated rings. The predicted molar refractivity (Wildman–Crippen MR) is 77.4 cm³/mol. The molecule has 0 atom stereocenters. The highest BCUT2D eigenvalue weighted by Crippen LogP contribution is 2.27. The van der Waals surface area contributed by atoms with Crippen molar-refractivity contribution in [1.82, 2.24) is 0 Å². The van der Waals surface area contributed by atoms with Crippen LogP contribution in [-0.2, 0) is 4.79 Å². The third-order valence-electron chi connectivity index (χ3n) is 3.01. The molecule has 3 heteroatoms. The van der Waals surface area contributed by atoms with E-state index in [4.69, 9.17) is 0 Å². The predicted octanol–water partition coefficient (Wildman–Crippen LogP) is 3.64. The number of nitrogens with one attached hydrogen (secondary N) is 1. The number of anilines is 1. The van der Waals surface area contributed by atoms with Crippen LogP contribution in [0.25, 0.3) is 10.8 Å². The van der Waals surface area contributed by atoms with E-state index in [2.05, 4.69) is 5.32 Å². The number of carbonyl (C=O) groups excluding carboxylic acids is 2. The average Bonchev–Trinajstić information content (AvgIpc) is 2.38. The minimum absolute atomic E-state index is 0.0449. The van der Waals surface area contributed by atoms with Crippen LogP contribution in [0.2, 0.25) is 0 Å². The Morgan fingerprint density at radius 3 is 2.26 bits per heavy atom. The zero-order valence-corrected chi connectivity index (χ0v) is 11.4. The van der Waals surface area contributed by atoms with Gasteiger partial charge in [0.05, 0.1) is 0 Å². The van der Waals surface area contributed by atoms with Crippen LogP contribution in [0.15, 0.2) is 36.4 Å². The van der Waals surface area contributed by atoms with Gasteiger partial charge < -0.3 is 5.32 Å². The summed E-state index contributed by atoms with van der Waals surface area (Å²) in [6, 6.07) is 11.1. The molecule has 0 aromatic heterocycles. The second-order valence-corrected chi connectivity index (χ2v) is 5.57. The van der Waals surface area contributed by atoms with E-state index in [1.807, 2.05) is 45.0 Å². The lowest BCUT2D eigenvalue weighted by atomic mass is 9.95. The highest BCUT2D eigenvalue weighted by molar-refractivity contribution is 6.08. The van der Waals surface area contributed by atoms with Crippen molar-refractivity contribution in [2.45, 2.75) is 20.8 Å². The van der Waals surface area contributed by atoms with Crippen molar-refractivity contribution in [3.05, 3.63) is 42.0 Å². The normalized spacial score (nSPS) is 11.3. The van der Waals surface area contributed by atoms with E-state index in [1.165, 1.54) is 0 Å². The number of hydrogen-bond acceptors (Lipinski definition) is 2. The number of rotatable bonds is 2. The fourth-order valence-corrected chi connectivity index (χ4v) is 1.84. The summed E-state index contributed by atoms with van der Waals surface area (Å²) >= 11 is 0. The summed E-state index contributed by atoms with van der Waals surface area (Å²) in [6.45, 7) is 5.60. The second kappa shape index (κ2) is 4.84. The molecule has 19 heavy (non-hydrogen) atoms. The van der Waals surface area contributed by atoms with Crippen molar-refractivity contribution in [3.63, 3.8) is 0 Å². The standard InChI is InChI=1S/C16H17NO2/c1-16(2,3)15(19)17-14-9-8-11(10-18)12-6-4-5-7-13(12)14/h4-10H,1-3H3,(H,17,19). The zero-order chi connectivity index (χ0) is 14.0. The monoisotopic (exact) mass is 255 g/mol. The molecular weight excluding hydrogens is 238 g/mol. The van der Waals surface area contributed by atoms with Gasteiger partial charge in [-0.25, -0.2) is 0 Å². The topological polar surface area (TPSA) is 46.2 Å². The van der Waals surface area contributed by atoms with E-state index in [9.17, 15) is 9.59 Å². The molecule has 0 aliphatic heterocycles. The van der Waals surface area contributed by atoms with Crippen LogP contribution in [-0.4, -0.2) is 12.2 Å². The summed E-state index contributed by atoms with van der Waals surface area (Å²) in [6.07, 6.45) is 0.831. The molecular formula is C16H17NO2. The zero-order valence-electron chi connectivity index (χ0n) is 11.4. The molecule has 1 N–H and O–H groups in total. The Morgan fingerprint density at radius 1 is 1.05 bits per heavy atom. The van der Waals surface area contributed by atoms with E-state index in [1.54, 1.807) is 12.1 Å². The Labute approximate surface area is 112 Å². The minimum Gasteiger partial charge on any atom is -0.325 e. The summed E-state index contributed by atoms with van der Waals surface area (Å²) in [5, 5.41) is 4.65. The lowest BCUT2D eigenvalue weighted by molar-refractivity contribution is -0.123. The largest absolute Gasteiger partial charge is 0.325 e. The number of carbonyl (C=O) groups is 2. The van der Waals surface area contributed by atoms with Crippen molar-refractivity contribution < 1.29 is 9.59 Å². The van der Waals surface area contributed by atoms with Gasteiger partial charge in [0.2, 0.25) is 5.91 Å². The van der Waals surface area contributed by atoms with Crippen LogP contribution in [0.4, 0.5) is 5.69 Å². The number of amides is 1. The summed E-state index contributed by atoms with van der Waals surface area (Å²) in [7, 11) is 0. The molecule has 2 aromatic rings. The first-order valence-corrected chi connectivity index (χ1v) is 6.22. The molecule has 1 amide bonds. The maximum Gasteiger partial charge on any atom is 0.229 e. The molecule has 0 heterocycles. The van der Waals surface area contributed by atoms with Gasteiger partial charge in [-0.2, -0.15) is 0 Å². The van der Waals surface area contributed by atoms with E-state index >= 15 is 0 Å². The SMILES string of the molecule is CC(C)(C)C(=O)Nc1ccc(C=O)c2ccccc12. The molecule has 0 bridgehead atoms. The molecule has 2 aromatic carbocycles. The van der Waals surface area contributed by atoms with Crippen molar-refractivity contribution in [2.75, 3.05) is 5.32 Å². The van der Waals surface area contributed by atoms with Gasteiger partial charge in [-0.3, -0.25) is 9.59 Å². The average molecular weight is 255 g/mol. The quantitative estimate of drug-likeness (QED) is 0.833. The van der Waals surface area contributed by atoms with Crippen molar-refractivity contribution >= 4 is 28.7 Å². The Morgan fingerprint density at radius 2 is 1.68 bits per heavy atom. The third kappa shape index (κ3) is 2.65. The Hall–Kier alpha value is -2.16.